The first-order valence-electron chi connectivity index (χ1n) is 11.3. The van der Waals surface area contributed by atoms with Gasteiger partial charge in [-0.05, 0) is 18.2 Å². The van der Waals surface area contributed by atoms with E-state index in [9.17, 15) is 4.79 Å². The van der Waals surface area contributed by atoms with Gasteiger partial charge in [-0.15, -0.1) is 0 Å². The number of rotatable bonds is 6. The first-order valence-corrected chi connectivity index (χ1v) is 11.3. The number of imidazole rings is 1. The number of halogens is 1. The van der Waals surface area contributed by atoms with Crippen molar-refractivity contribution in [2.24, 2.45) is 7.05 Å². The summed E-state index contributed by atoms with van der Waals surface area (Å²) in [5.74, 6) is -0.806. The van der Waals surface area contributed by atoms with Crippen LogP contribution in [0.15, 0.2) is 36.9 Å². The number of hydrogen-bond donors (Lipinski definition) is 2. The van der Waals surface area contributed by atoms with E-state index in [1.165, 1.54) is 13.2 Å². The summed E-state index contributed by atoms with van der Waals surface area (Å²) in [4.78, 5) is 32.6. The van der Waals surface area contributed by atoms with E-state index in [0.717, 1.165) is 11.2 Å². The average molecular weight is 493 g/mol. The Hall–Kier alpha value is -4.32. The van der Waals surface area contributed by atoms with Crippen molar-refractivity contribution in [2.45, 2.75) is 0 Å². The van der Waals surface area contributed by atoms with Crippen molar-refractivity contribution in [1.82, 2.24) is 24.5 Å². The van der Waals surface area contributed by atoms with E-state index in [2.05, 4.69) is 35.5 Å². The predicted octanol–water partition coefficient (Wildman–Crippen LogP) is 2.97. The molecule has 36 heavy (non-hydrogen) atoms. The molecule has 2 N–H and O–H groups in total. The highest BCUT2D eigenvalue weighted by atomic mass is 19.1. The Kier molecular flexibility index (Phi) is 6.34. The smallest absolute Gasteiger partial charge is 0.360 e. The van der Waals surface area contributed by atoms with E-state index < -0.39 is 11.8 Å². The van der Waals surface area contributed by atoms with Crippen molar-refractivity contribution in [3.8, 4) is 11.3 Å². The second-order valence-corrected chi connectivity index (χ2v) is 8.16. The van der Waals surface area contributed by atoms with Gasteiger partial charge in [0.05, 0.1) is 49.6 Å². The summed E-state index contributed by atoms with van der Waals surface area (Å²) in [5.41, 5.74) is 3.19. The molecular weight excluding hydrogens is 467 g/mol. The van der Waals surface area contributed by atoms with Crippen molar-refractivity contribution < 1.29 is 18.7 Å². The maximum absolute atomic E-state index is 15.1. The number of carbonyl (C=O) groups excluding carboxylic acids is 1. The molecule has 0 unspecified atom stereocenters. The van der Waals surface area contributed by atoms with Crippen molar-refractivity contribution >= 4 is 40.0 Å². The van der Waals surface area contributed by atoms with Crippen LogP contribution in [-0.4, -0.2) is 70.9 Å². The molecule has 0 bridgehead atoms. The number of methoxy groups -OCH3 is 1. The molecule has 0 atom stereocenters. The molecule has 0 spiro atoms. The molecular formula is C24H25FN8O3. The molecule has 0 aliphatic carbocycles. The van der Waals surface area contributed by atoms with Crippen molar-refractivity contribution in [3.05, 3.63) is 48.4 Å². The number of nitrogens with zero attached hydrogens (tertiary/aromatic N) is 6. The Bertz CT molecular complexity index is 1430. The lowest BCUT2D eigenvalue weighted by molar-refractivity contribution is 0.0595. The molecule has 1 aliphatic rings. The monoisotopic (exact) mass is 492 g/mol. The summed E-state index contributed by atoms with van der Waals surface area (Å²) < 4.78 is 27.2. The molecule has 1 fully saturated rings. The van der Waals surface area contributed by atoms with Crippen LogP contribution in [0.5, 0.6) is 0 Å². The Morgan fingerprint density at radius 3 is 2.69 bits per heavy atom. The van der Waals surface area contributed by atoms with E-state index in [1.807, 2.05) is 17.7 Å². The molecule has 4 heterocycles. The van der Waals surface area contributed by atoms with Gasteiger partial charge in [-0.1, -0.05) is 0 Å². The number of nitrogens with one attached hydrogen (secondary N) is 2. The van der Waals surface area contributed by atoms with Crippen LogP contribution in [0, 0.1) is 5.82 Å². The van der Waals surface area contributed by atoms with Gasteiger partial charge in [0.25, 0.3) is 0 Å². The largest absolute Gasteiger partial charge is 0.464 e. The van der Waals surface area contributed by atoms with Gasteiger partial charge in [0, 0.05) is 39.1 Å². The van der Waals surface area contributed by atoms with Gasteiger partial charge in [-0.2, -0.15) is 0 Å². The lowest BCUT2D eigenvalue weighted by Crippen LogP contribution is -2.36. The number of fused-ring (bicyclic) bond motifs is 1. The lowest BCUT2D eigenvalue weighted by Gasteiger charge is -2.29. The minimum Gasteiger partial charge on any atom is -0.464 e. The van der Waals surface area contributed by atoms with Crippen LogP contribution in [0.3, 0.4) is 0 Å². The maximum Gasteiger partial charge on any atom is 0.360 e. The van der Waals surface area contributed by atoms with E-state index in [0.29, 0.717) is 48.9 Å². The van der Waals surface area contributed by atoms with Crippen LogP contribution in [0.4, 0.5) is 27.4 Å². The number of esters is 1. The molecule has 1 aromatic carbocycles. The zero-order valence-corrected chi connectivity index (χ0v) is 20.1. The second kappa shape index (κ2) is 9.74. The van der Waals surface area contributed by atoms with Crippen LogP contribution >= 0.6 is 0 Å². The van der Waals surface area contributed by atoms with E-state index in [4.69, 9.17) is 9.47 Å². The fourth-order valence-corrected chi connectivity index (χ4v) is 4.09. The van der Waals surface area contributed by atoms with Crippen LogP contribution in [0.2, 0.25) is 0 Å². The number of hydrogen-bond acceptors (Lipinski definition) is 10. The molecule has 1 aliphatic heterocycles. The quantitative estimate of drug-likeness (QED) is 0.389. The predicted molar refractivity (Wildman–Crippen MR) is 133 cm³/mol. The van der Waals surface area contributed by atoms with Crippen molar-refractivity contribution in [2.75, 3.05) is 56.0 Å². The van der Waals surface area contributed by atoms with Gasteiger partial charge in [0.2, 0.25) is 0 Å². The standard InChI is InChI=1S/C24H25FN8O3/c1-26-22-20(15-11-27-12-18-19(15)28-13-32(18)2)30-21(24(34)35-3)23(31-22)29-17-5-4-14(10-16(17)25)33-6-8-36-9-7-33/h4-5,10-13H,6-9H2,1-3H3,(H2,26,29,31). The van der Waals surface area contributed by atoms with Gasteiger partial charge in [0.15, 0.2) is 17.3 Å². The fourth-order valence-electron chi connectivity index (χ4n) is 4.09. The molecule has 12 heteroatoms. The number of benzene rings is 1. The lowest BCUT2D eigenvalue weighted by atomic mass is 10.1. The molecule has 0 amide bonds. The highest BCUT2D eigenvalue weighted by Crippen LogP contribution is 2.33. The summed E-state index contributed by atoms with van der Waals surface area (Å²) in [6.07, 6.45) is 4.97. The molecule has 11 nitrogen and oxygen atoms in total. The Balaban J connectivity index is 1.56. The Morgan fingerprint density at radius 1 is 1.17 bits per heavy atom. The van der Waals surface area contributed by atoms with Crippen LogP contribution < -0.4 is 15.5 Å². The highest BCUT2D eigenvalue weighted by Gasteiger charge is 2.24. The summed E-state index contributed by atoms with van der Waals surface area (Å²) in [6.45, 7) is 2.57. The van der Waals surface area contributed by atoms with Crippen LogP contribution in [0.1, 0.15) is 10.5 Å². The number of pyridine rings is 1. The number of anilines is 4. The minimum atomic E-state index is -0.722. The minimum absolute atomic E-state index is 0.0501. The normalized spacial score (nSPS) is 13.6. The van der Waals surface area contributed by atoms with Gasteiger partial charge in [-0.3, -0.25) is 4.98 Å². The number of ether oxygens (including phenoxy) is 2. The number of carbonyl (C=O) groups is 1. The van der Waals surface area contributed by atoms with Crippen molar-refractivity contribution in [1.29, 1.82) is 0 Å². The zero-order chi connectivity index (χ0) is 25.2. The summed E-state index contributed by atoms with van der Waals surface area (Å²) >= 11 is 0. The van der Waals surface area contributed by atoms with Crippen LogP contribution in [0.25, 0.3) is 22.3 Å². The summed E-state index contributed by atoms with van der Waals surface area (Å²) in [7, 11) is 4.79. The van der Waals surface area contributed by atoms with Gasteiger partial charge < -0.3 is 29.6 Å². The van der Waals surface area contributed by atoms with Gasteiger partial charge in [0.1, 0.15) is 17.0 Å². The molecule has 186 valence electrons. The molecule has 0 saturated carbocycles. The molecule has 5 rings (SSSR count). The van der Waals surface area contributed by atoms with Crippen molar-refractivity contribution in [3.63, 3.8) is 0 Å². The Morgan fingerprint density at radius 2 is 1.97 bits per heavy atom. The summed E-state index contributed by atoms with van der Waals surface area (Å²) in [5, 5.41) is 5.92. The average Bonchev–Trinajstić information content (AvgIpc) is 3.30. The fraction of sp³-hybridized carbons (Fsp3) is 0.292. The number of morpholine rings is 1. The molecule has 0 radical (unpaired) electrons. The SMILES string of the molecule is CNc1nc(Nc2ccc(N3CCOCC3)cc2F)c(C(=O)OC)nc1-c1cncc2c1ncn2C. The third-order valence-corrected chi connectivity index (χ3v) is 5.99. The molecule has 1 saturated heterocycles. The summed E-state index contributed by atoms with van der Waals surface area (Å²) in [6, 6.07) is 4.86. The van der Waals surface area contributed by atoms with Gasteiger partial charge >= 0.3 is 5.97 Å². The van der Waals surface area contributed by atoms with Gasteiger partial charge in [-0.25, -0.2) is 24.1 Å². The Labute approximate surface area is 206 Å². The van der Waals surface area contributed by atoms with Crippen LogP contribution in [-0.2, 0) is 16.5 Å². The molecule has 3 aromatic heterocycles. The third kappa shape index (κ3) is 4.26. The van der Waals surface area contributed by atoms with E-state index in [-0.39, 0.29) is 17.2 Å². The van der Waals surface area contributed by atoms with E-state index in [1.54, 1.807) is 31.8 Å². The molecule has 4 aromatic rings. The first kappa shape index (κ1) is 23.4. The third-order valence-electron chi connectivity index (χ3n) is 5.99. The zero-order valence-electron chi connectivity index (χ0n) is 20.1. The van der Waals surface area contributed by atoms with E-state index >= 15 is 4.39 Å². The number of aryl methyl sites for hydroxylation is 1. The first-order chi connectivity index (χ1) is 17.5. The maximum atomic E-state index is 15.1. The second-order valence-electron chi connectivity index (χ2n) is 8.16. The number of aromatic nitrogens is 5. The highest BCUT2D eigenvalue weighted by molar-refractivity contribution is 5.98. The topological polar surface area (TPSA) is 119 Å².